The molecule has 7 nitrogen and oxygen atoms in total. The lowest BCUT2D eigenvalue weighted by Crippen LogP contribution is -2.06. The third-order valence-corrected chi connectivity index (χ3v) is 3.47. The molecule has 26 heavy (non-hydrogen) atoms. The lowest BCUT2D eigenvalue weighted by atomic mass is 10.2. The Morgan fingerprint density at radius 3 is 2.42 bits per heavy atom. The van der Waals surface area contributed by atoms with E-state index in [1.54, 1.807) is 6.20 Å². The molecule has 3 rings (SSSR count). The van der Waals surface area contributed by atoms with Crippen molar-refractivity contribution < 1.29 is 4.79 Å². The predicted octanol–water partition coefficient (Wildman–Crippen LogP) is 3.67. The van der Waals surface area contributed by atoms with Gasteiger partial charge in [0.05, 0.1) is 11.4 Å². The van der Waals surface area contributed by atoms with Crippen molar-refractivity contribution in [1.29, 1.82) is 0 Å². The number of benzene rings is 1. The van der Waals surface area contributed by atoms with Gasteiger partial charge in [-0.15, -0.1) is 0 Å². The molecule has 1 amide bonds. The van der Waals surface area contributed by atoms with Gasteiger partial charge in [0.1, 0.15) is 5.82 Å². The first-order valence-corrected chi connectivity index (χ1v) is 8.33. The second-order valence-corrected chi connectivity index (χ2v) is 5.59. The van der Waals surface area contributed by atoms with E-state index in [9.17, 15) is 4.79 Å². The van der Waals surface area contributed by atoms with E-state index in [1.807, 2.05) is 55.5 Å². The topological polar surface area (TPSA) is 91.8 Å². The van der Waals surface area contributed by atoms with Gasteiger partial charge in [-0.3, -0.25) is 9.78 Å². The van der Waals surface area contributed by atoms with E-state index in [0.29, 0.717) is 11.8 Å². The molecule has 0 spiro atoms. The maximum Gasteiger partial charge on any atom is 0.225 e. The molecule has 7 heteroatoms. The number of nitrogens with zero attached hydrogens (tertiary/aromatic N) is 3. The third kappa shape index (κ3) is 4.54. The number of anilines is 4. The molecular weight excluding hydrogens is 328 g/mol. The lowest BCUT2D eigenvalue weighted by Gasteiger charge is -2.11. The zero-order valence-electron chi connectivity index (χ0n) is 14.7. The van der Waals surface area contributed by atoms with Crippen LogP contribution in [0.1, 0.15) is 13.8 Å². The lowest BCUT2D eigenvalue weighted by molar-refractivity contribution is -0.114. The van der Waals surface area contributed by atoms with Crippen LogP contribution in [0.5, 0.6) is 0 Å². The van der Waals surface area contributed by atoms with Crippen molar-refractivity contribution in [3.8, 4) is 11.4 Å². The Morgan fingerprint density at radius 2 is 1.77 bits per heavy atom. The minimum atomic E-state index is -0.100. The summed E-state index contributed by atoms with van der Waals surface area (Å²) in [6, 6.07) is 15.0. The van der Waals surface area contributed by atoms with Crippen LogP contribution in [0.25, 0.3) is 11.4 Å². The van der Waals surface area contributed by atoms with Crippen LogP contribution in [0.4, 0.5) is 23.1 Å². The number of amides is 1. The van der Waals surface area contributed by atoms with E-state index in [2.05, 4.69) is 30.9 Å². The van der Waals surface area contributed by atoms with Crippen LogP contribution in [0.2, 0.25) is 0 Å². The van der Waals surface area contributed by atoms with E-state index < -0.39 is 0 Å². The molecule has 132 valence electrons. The fourth-order valence-corrected chi connectivity index (χ4v) is 2.38. The van der Waals surface area contributed by atoms with Crippen molar-refractivity contribution in [2.45, 2.75) is 13.8 Å². The second-order valence-electron chi connectivity index (χ2n) is 5.59. The average Bonchev–Trinajstić information content (AvgIpc) is 2.64. The van der Waals surface area contributed by atoms with Crippen molar-refractivity contribution in [3.63, 3.8) is 0 Å². The SMILES string of the molecule is CCNc1nc(Nc2ccc(NC(C)=O)cc2)cc(-c2ccccn2)n1. The molecule has 2 heterocycles. The van der Waals surface area contributed by atoms with Crippen molar-refractivity contribution in [1.82, 2.24) is 15.0 Å². The summed E-state index contributed by atoms with van der Waals surface area (Å²) in [5, 5.41) is 9.14. The summed E-state index contributed by atoms with van der Waals surface area (Å²) < 4.78 is 0. The quantitative estimate of drug-likeness (QED) is 0.629. The number of carbonyl (C=O) groups is 1. The molecule has 3 aromatic rings. The highest BCUT2D eigenvalue weighted by molar-refractivity contribution is 5.88. The predicted molar refractivity (Wildman–Crippen MR) is 103 cm³/mol. The molecule has 0 bridgehead atoms. The molecule has 1 aromatic carbocycles. The number of hydrogen-bond acceptors (Lipinski definition) is 6. The molecular formula is C19H20N6O. The third-order valence-electron chi connectivity index (χ3n) is 3.47. The highest BCUT2D eigenvalue weighted by Gasteiger charge is 2.08. The average molecular weight is 348 g/mol. The Morgan fingerprint density at radius 1 is 1.00 bits per heavy atom. The summed E-state index contributed by atoms with van der Waals surface area (Å²) in [7, 11) is 0. The molecule has 3 N–H and O–H groups in total. The fourth-order valence-electron chi connectivity index (χ4n) is 2.38. The smallest absolute Gasteiger partial charge is 0.225 e. The van der Waals surface area contributed by atoms with E-state index in [0.717, 1.165) is 29.3 Å². The van der Waals surface area contributed by atoms with Crippen molar-refractivity contribution in [3.05, 3.63) is 54.7 Å². The second kappa shape index (κ2) is 8.06. The fraction of sp³-hybridized carbons (Fsp3) is 0.158. The van der Waals surface area contributed by atoms with Gasteiger partial charge in [0.25, 0.3) is 0 Å². The molecule has 0 fully saturated rings. The van der Waals surface area contributed by atoms with Crippen molar-refractivity contribution >= 4 is 29.0 Å². The van der Waals surface area contributed by atoms with Gasteiger partial charge in [0.2, 0.25) is 11.9 Å². The van der Waals surface area contributed by atoms with Crippen LogP contribution in [0, 0.1) is 0 Å². The standard InChI is InChI=1S/C19H20N6O/c1-3-20-19-24-17(16-6-4-5-11-21-16)12-18(25-19)23-15-9-7-14(8-10-15)22-13(2)26/h4-12H,3H2,1-2H3,(H,22,26)(H2,20,23,24,25). The number of pyridine rings is 1. The summed E-state index contributed by atoms with van der Waals surface area (Å²) in [6.07, 6.45) is 1.73. The first-order valence-electron chi connectivity index (χ1n) is 8.33. The highest BCUT2D eigenvalue weighted by atomic mass is 16.1. The number of carbonyl (C=O) groups excluding carboxylic acids is 1. The van der Waals surface area contributed by atoms with Gasteiger partial charge in [-0.05, 0) is 43.3 Å². The highest BCUT2D eigenvalue weighted by Crippen LogP contribution is 2.23. The molecule has 0 saturated carbocycles. The van der Waals surface area contributed by atoms with Gasteiger partial charge in [0, 0.05) is 37.1 Å². The summed E-state index contributed by atoms with van der Waals surface area (Å²) in [5.41, 5.74) is 3.10. The molecule has 0 unspecified atom stereocenters. The summed E-state index contributed by atoms with van der Waals surface area (Å²) in [4.78, 5) is 24.4. The number of nitrogens with one attached hydrogen (secondary N) is 3. The minimum Gasteiger partial charge on any atom is -0.354 e. The van der Waals surface area contributed by atoms with Crippen LogP contribution in [0.3, 0.4) is 0 Å². The molecule has 2 aromatic heterocycles. The molecule has 0 saturated heterocycles. The first kappa shape index (κ1) is 17.3. The summed E-state index contributed by atoms with van der Waals surface area (Å²) in [5.74, 6) is 1.09. The monoisotopic (exact) mass is 348 g/mol. The van der Waals surface area contributed by atoms with Gasteiger partial charge < -0.3 is 16.0 Å². The molecule has 0 aliphatic carbocycles. The Labute approximate surface area is 151 Å². The summed E-state index contributed by atoms with van der Waals surface area (Å²) in [6.45, 7) is 4.19. The van der Waals surface area contributed by atoms with E-state index >= 15 is 0 Å². The van der Waals surface area contributed by atoms with Crippen LogP contribution in [0.15, 0.2) is 54.7 Å². The van der Waals surface area contributed by atoms with Gasteiger partial charge in [0.15, 0.2) is 0 Å². The molecule has 0 atom stereocenters. The Hall–Kier alpha value is -3.48. The number of hydrogen-bond donors (Lipinski definition) is 3. The van der Waals surface area contributed by atoms with Crippen LogP contribution < -0.4 is 16.0 Å². The van der Waals surface area contributed by atoms with Crippen molar-refractivity contribution in [2.75, 3.05) is 22.5 Å². The molecule has 0 radical (unpaired) electrons. The first-order chi connectivity index (χ1) is 12.6. The van der Waals surface area contributed by atoms with E-state index in [1.165, 1.54) is 6.92 Å². The van der Waals surface area contributed by atoms with Gasteiger partial charge >= 0.3 is 0 Å². The Kier molecular flexibility index (Phi) is 5.38. The molecule has 0 aliphatic rings. The number of aromatic nitrogens is 3. The molecule has 0 aliphatic heterocycles. The maximum absolute atomic E-state index is 11.1. The van der Waals surface area contributed by atoms with E-state index in [-0.39, 0.29) is 5.91 Å². The zero-order chi connectivity index (χ0) is 18.4. The maximum atomic E-state index is 11.1. The zero-order valence-corrected chi connectivity index (χ0v) is 14.7. The van der Waals surface area contributed by atoms with Gasteiger partial charge in [-0.2, -0.15) is 4.98 Å². The van der Waals surface area contributed by atoms with Gasteiger partial charge in [-0.25, -0.2) is 4.98 Å². The Balaban J connectivity index is 1.86. The largest absolute Gasteiger partial charge is 0.354 e. The van der Waals surface area contributed by atoms with Gasteiger partial charge in [-0.1, -0.05) is 6.07 Å². The van der Waals surface area contributed by atoms with Crippen LogP contribution in [-0.2, 0) is 4.79 Å². The summed E-state index contributed by atoms with van der Waals surface area (Å²) >= 11 is 0. The van der Waals surface area contributed by atoms with E-state index in [4.69, 9.17) is 0 Å². The minimum absolute atomic E-state index is 0.100. The normalized spacial score (nSPS) is 10.2. The Bertz CT molecular complexity index is 880. The number of rotatable bonds is 6. The van der Waals surface area contributed by atoms with Crippen LogP contribution >= 0.6 is 0 Å². The van der Waals surface area contributed by atoms with Crippen LogP contribution in [-0.4, -0.2) is 27.4 Å². The van der Waals surface area contributed by atoms with Crippen molar-refractivity contribution in [2.24, 2.45) is 0 Å².